The summed E-state index contributed by atoms with van der Waals surface area (Å²) in [6, 6.07) is 8.87. The Balaban J connectivity index is 1.45. The third-order valence-corrected chi connectivity index (χ3v) is 6.58. The summed E-state index contributed by atoms with van der Waals surface area (Å²) in [7, 11) is 0. The summed E-state index contributed by atoms with van der Waals surface area (Å²) in [5.74, 6) is -0.587. The smallest absolute Gasteiger partial charge is 0.210 e. The van der Waals surface area contributed by atoms with Gasteiger partial charge in [-0.3, -0.25) is 0 Å². The Hall–Kier alpha value is -3.77. The Bertz CT molecular complexity index is 1320. The third-order valence-electron chi connectivity index (χ3n) is 6.58. The van der Waals surface area contributed by atoms with Gasteiger partial charge in [0.25, 0.3) is 0 Å². The predicted molar refractivity (Wildman–Crippen MR) is 136 cm³/mol. The van der Waals surface area contributed by atoms with Gasteiger partial charge in [0.15, 0.2) is 17.4 Å². The highest BCUT2D eigenvalue weighted by atomic mass is 19.1. The zero-order chi connectivity index (χ0) is 25.2. The molecule has 1 fully saturated rings. The van der Waals surface area contributed by atoms with E-state index in [0.29, 0.717) is 42.3 Å². The van der Waals surface area contributed by atoms with Crippen molar-refractivity contribution in [3.8, 4) is 17.0 Å². The van der Waals surface area contributed by atoms with Crippen molar-refractivity contribution >= 4 is 17.1 Å². The first-order valence-electron chi connectivity index (χ1n) is 12.2. The van der Waals surface area contributed by atoms with Crippen LogP contribution >= 0.6 is 0 Å². The number of aromatic nitrogens is 2. The van der Waals surface area contributed by atoms with Gasteiger partial charge >= 0.3 is 0 Å². The Morgan fingerprint density at radius 2 is 1.89 bits per heavy atom. The molecule has 0 radical (unpaired) electrons. The molecule has 9 heteroatoms. The minimum absolute atomic E-state index is 0.0406. The Morgan fingerprint density at radius 1 is 1.08 bits per heavy atom. The van der Waals surface area contributed by atoms with E-state index in [2.05, 4.69) is 25.0 Å². The number of anilines is 2. The third kappa shape index (κ3) is 4.69. The second-order valence-electron chi connectivity index (χ2n) is 9.27. The summed E-state index contributed by atoms with van der Waals surface area (Å²) in [5.41, 5.74) is 3.31. The fourth-order valence-electron chi connectivity index (χ4n) is 4.79. The van der Waals surface area contributed by atoms with Crippen LogP contribution in [0, 0.1) is 18.2 Å². The topological polar surface area (TPSA) is 57.9 Å². The van der Waals surface area contributed by atoms with Crippen LogP contribution in [0.15, 0.2) is 36.5 Å². The van der Waals surface area contributed by atoms with Gasteiger partial charge in [-0.05, 0) is 32.0 Å². The first kappa shape index (κ1) is 23.9. The molecule has 2 aliphatic heterocycles. The minimum atomic E-state index is -0.623. The van der Waals surface area contributed by atoms with Crippen LogP contribution in [0.3, 0.4) is 0 Å². The quantitative estimate of drug-likeness (QED) is 0.529. The lowest BCUT2D eigenvalue weighted by molar-refractivity contribution is 0.287. The molecule has 3 aromatic rings. The van der Waals surface area contributed by atoms with Gasteiger partial charge < -0.3 is 19.9 Å². The number of rotatable bonds is 5. The number of piperazine rings is 1. The highest BCUT2D eigenvalue weighted by Crippen LogP contribution is 2.39. The van der Waals surface area contributed by atoms with Gasteiger partial charge in [0.2, 0.25) is 5.69 Å². The molecule has 1 N–H and O–H groups in total. The highest BCUT2D eigenvalue weighted by Gasteiger charge is 2.26. The van der Waals surface area contributed by atoms with Crippen molar-refractivity contribution in [3.05, 3.63) is 71.0 Å². The molecule has 2 aromatic carbocycles. The normalized spacial score (nSPS) is 15.4. The molecule has 0 unspecified atom stereocenters. The molecule has 7 nitrogen and oxygen atoms in total. The number of benzene rings is 2. The molecule has 3 heterocycles. The van der Waals surface area contributed by atoms with Crippen LogP contribution in [0.2, 0.25) is 0 Å². The molecule has 36 heavy (non-hydrogen) atoms. The van der Waals surface area contributed by atoms with Gasteiger partial charge in [-0.2, -0.15) is 0 Å². The molecule has 186 valence electrons. The van der Waals surface area contributed by atoms with Crippen molar-refractivity contribution < 1.29 is 13.5 Å². The number of halogens is 2. The van der Waals surface area contributed by atoms with Crippen molar-refractivity contribution in [1.82, 2.24) is 15.3 Å². The van der Waals surface area contributed by atoms with Crippen molar-refractivity contribution in [2.24, 2.45) is 0 Å². The molecule has 1 aromatic heterocycles. The zero-order valence-electron chi connectivity index (χ0n) is 20.4. The van der Waals surface area contributed by atoms with Gasteiger partial charge in [0, 0.05) is 49.9 Å². The molecule has 0 atom stereocenters. The lowest BCUT2D eigenvalue weighted by Gasteiger charge is -2.34. The number of nitrogens with one attached hydrogen (secondary N) is 1. The lowest BCUT2D eigenvalue weighted by Crippen LogP contribution is -2.43. The van der Waals surface area contributed by atoms with E-state index in [9.17, 15) is 8.78 Å². The van der Waals surface area contributed by atoms with Gasteiger partial charge in [-0.25, -0.2) is 23.6 Å². The van der Waals surface area contributed by atoms with E-state index in [4.69, 9.17) is 11.3 Å². The number of fused-ring (bicyclic) bond motifs is 1. The molecule has 1 saturated heterocycles. The standard InChI is InChI=1S/C27H28F2N6O/c1-17(2)35-10-11-36-27-20(28)14-19(15-24(27)35)26-21(29)16-32-25(33-26)13-18-4-5-23(22(12-18)30-3)34-8-6-31-7-9-34/h4-5,12,14-17,31H,6-11,13H2,1-2H3. The maximum Gasteiger partial charge on any atom is 0.210 e. The largest absolute Gasteiger partial charge is 0.486 e. The Labute approximate surface area is 209 Å². The summed E-state index contributed by atoms with van der Waals surface area (Å²) in [4.78, 5) is 16.6. The molecular formula is C27H28F2N6O. The monoisotopic (exact) mass is 490 g/mol. The molecule has 5 rings (SSSR count). The average molecular weight is 491 g/mol. The van der Waals surface area contributed by atoms with Crippen LogP contribution in [0.25, 0.3) is 16.1 Å². The Morgan fingerprint density at radius 3 is 2.64 bits per heavy atom. The van der Waals surface area contributed by atoms with Crippen molar-refractivity contribution in [1.29, 1.82) is 0 Å². The van der Waals surface area contributed by atoms with E-state index < -0.39 is 11.6 Å². The summed E-state index contributed by atoms with van der Waals surface area (Å²) < 4.78 is 35.4. The summed E-state index contributed by atoms with van der Waals surface area (Å²) in [5, 5.41) is 3.32. The maximum atomic E-state index is 15.0. The SMILES string of the molecule is [C-]#[N+]c1cc(Cc2ncc(F)c(-c3cc(F)c4c(c3)N(C(C)C)CCO4)n2)ccc1N1CCNCC1. The van der Waals surface area contributed by atoms with Crippen LogP contribution in [0.4, 0.5) is 25.8 Å². The summed E-state index contributed by atoms with van der Waals surface area (Å²) in [6.07, 6.45) is 1.45. The van der Waals surface area contributed by atoms with Crippen molar-refractivity contribution in [2.75, 3.05) is 49.1 Å². The van der Waals surface area contributed by atoms with E-state index in [-0.39, 0.29) is 17.5 Å². The van der Waals surface area contributed by atoms with Crippen LogP contribution in [0.1, 0.15) is 25.2 Å². The molecular weight excluding hydrogens is 462 g/mol. The van der Waals surface area contributed by atoms with E-state index >= 15 is 0 Å². The van der Waals surface area contributed by atoms with Gasteiger partial charge in [-0.15, -0.1) is 0 Å². The number of hydrogen-bond acceptors (Lipinski definition) is 6. The maximum absolute atomic E-state index is 15.0. The fourth-order valence-corrected chi connectivity index (χ4v) is 4.79. The average Bonchev–Trinajstić information content (AvgIpc) is 2.89. The second-order valence-corrected chi connectivity index (χ2v) is 9.27. The summed E-state index contributed by atoms with van der Waals surface area (Å²) >= 11 is 0. The molecule has 0 amide bonds. The van der Waals surface area contributed by atoms with E-state index in [0.717, 1.165) is 43.6 Å². The summed E-state index contributed by atoms with van der Waals surface area (Å²) in [6.45, 7) is 16.2. The first-order chi connectivity index (χ1) is 17.4. The van der Waals surface area contributed by atoms with Gasteiger partial charge in [-0.1, -0.05) is 17.7 Å². The van der Waals surface area contributed by atoms with E-state index in [1.807, 2.05) is 36.9 Å². The van der Waals surface area contributed by atoms with Crippen molar-refractivity contribution in [2.45, 2.75) is 26.3 Å². The predicted octanol–water partition coefficient (Wildman–Crippen LogP) is 4.58. The van der Waals surface area contributed by atoms with Gasteiger partial charge in [0.05, 0.1) is 25.0 Å². The fraction of sp³-hybridized carbons (Fsp3) is 0.370. The van der Waals surface area contributed by atoms with Crippen LogP contribution < -0.4 is 19.9 Å². The van der Waals surface area contributed by atoms with Crippen molar-refractivity contribution in [3.63, 3.8) is 0 Å². The molecule has 0 aliphatic carbocycles. The number of ether oxygens (including phenoxy) is 1. The highest BCUT2D eigenvalue weighted by molar-refractivity contribution is 5.73. The van der Waals surface area contributed by atoms with Crippen LogP contribution in [0.5, 0.6) is 5.75 Å². The van der Waals surface area contributed by atoms with Crippen LogP contribution in [-0.2, 0) is 6.42 Å². The lowest BCUT2D eigenvalue weighted by atomic mass is 10.1. The second kappa shape index (κ2) is 10.1. The van der Waals surface area contributed by atoms with E-state index in [1.54, 1.807) is 6.07 Å². The minimum Gasteiger partial charge on any atom is -0.486 e. The van der Waals surface area contributed by atoms with Crippen LogP contribution in [-0.4, -0.2) is 55.3 Å². The molecule has 2 aliphatic rings. The molecule has 0 bridgehead atoms. The first-order valence-corrected chi connectivity index (χ1v) is 12.2. The number of nitrogens with zero attached hydrogens (tertiary/aromatic N) is 5. The number of hydrogen-bond donors (Lipinski definition) is 1. The zero-order valence-corrected chi connectivity index (χ0v) is 20.4. The molecule has 0 spiro atoms. The Kier molecular flexibility index (Phi) is 6.70. The molecule has 0 saturated carbocycles. The van der Waals surface area contributed by atoms with Gasteiger partial charge in [0.1, 0.15) is 18.1 Å². The van der Waals surface area contributed by atoms with E-state index in [1.165, 1.54) is 6.07 Å².